The summed E-state index contributed by atoms with van der Waals surface area (Å²) in [4.78, 5) is 22.3. The van der Waals surface area contributed by atoms with Gasteiger partial charge in [0.2, 0.25) is 5.91 Å². The Morgan fingerprint density at radius 1 is 1.16 bits per heavy atom. The first-order chi connectivity index (χ1) is 8.58. The van der Waals surface area contributed by atoms with E-state index >= 15 is 0 Å². The summed E-state index contributed by atoms with van der Waals surface area (Å²) in [6.45, 7) is 7.02. The Morgan fingerprint density at radius 2 is 1.68 bits per heavy atom. The smallest absolute Gasteiger partial charge is 0.307 e. The number of carbonyl (C=O) groups excluding carboxylic acids is 1. The van der Waals surface area contributed by atoms with Gasteiger partial charge in [0.05, 0.1) is 11.7 Å². The first-order valence-electron chi connectivity index (χ1n) is 6.30. The maximum absolute atomic E-state index is 11.9. The van der Waals surface area contributed by atoms with E-state index in [9.17, 15) is 18.0 Å². The van der Waals surface area contributed by atoms with Crippen LogP contribution in [0.2, 0.25) is 0 Å². The van der Waals surface area contributed by atoms with Crippen LogP contribution in [0.3, 0.4) is 0 Å². The second-order valence-corrected chi connectivity index (χ2v) is 7.55. The van der Waals surface area contributed by atoms with Crippen molar-refractivity contribution < 1.29 is 23.1 Å². The number of hydrogen-bond acceptors (Lipinski definition) is 4. The summed E-state index contributed by atoms with van der Waals surface area (Å²) in [5, 5.41) is 10.0. The molecule has 0 aromatic heterocycles. The number of amides is 1. The molecule has 0 radical (unpaired) electrons. The first kappa shape index (κ1) is 17.9. The highest BCUT2D eigenvalue weighted by Crippen LogP contribution is 2.09. The van der Waals surface area contributed by atoms with E-state index in [2.05, 4.69) is 5.32 Å². The summed E-state index contributed by atoms with van der Waals surface area (Å²) in [6, 6.07) is 0. The minimum atomic E-state index is -3.75. The van der Waals surface area contributed by atoms with Crippen LogP contribution in [-0.2, 0) is 19.4 Å². The van der Waals surface area contributed by atoms with Crippen molar-refractivity contribution in [2.75, 3.05) is 12.3 Å². The van der Waals surface area contributed by atoms with Crippen LogP contribution in [0.15, 0.2) is 0 Å². The number of hydrogen-bond donors (Lipinski definition) is 2. The van der Waals surface area contributed by atoms with E-state index in [0.29, 0.717) is 12.5 Å². The van der Waals surface area contributed by atoms with Gasteiger partial charge in [-0.15, -0.1) is 0 Å². The predicted octanol–water partition coefficient (Wildman–Crippen LogP) is 0.673. The van der Waals surface area contributed by atoms with Gasteiger partial charge < -0.3 is 10.4 Å². The maximum atomic E-state index is 11.9. The Kier molecular flexibility index (Phi) is 7.04. The van der Waals surface area contributed by atoms with E-state index in [1.807, 2.05) is 13.8 Å². The van der Waals surface area contributed by atoms with Crippen molar-refractivity contribution in [1.29, 1.82) is 0 Å². The van der Waals surface area contributed by atoms with Crippen LogP contribution in [0.4, 0.5) is 0 Å². The number of rotatable bonds is 8. The number of sulfone groups is 1. The van der Waals surface area contributed by atoms with Crippen LogP contribution < -0.4 is 5.32 Å². The minimum Gasteiger partial charge on any atom is -0.481 e. The third kappa shape index (κ3) is 6.56. The number of carboxylic acids is 1. The van der Waals surface area contributed by atoms with Crippen LogP contribution in [0.5, 0.6) is 0 Å². The van der Waals surface area contributed by atoms with Gasteiger partial charge in [0.25, 0.3) is 0 Å². The fraction of sp³-hybridized carbons (Fsp3) is 0.833. The fourth-order valence-corrected chi connectivity index (χ4v) is 2.89. The van der Waals surface area contributed by atoms with E-state index in [1.54, 1.807) is 0 Å². The summed E-state index contributed by atoms with van der Waals surface area (Å²) >= 11 is 0. The van der Waals surface area contributed by atoms with E-state index in [1.165, 1.54) is 13.8 Å². The van der Waals surface area contributed by atoms with Crippen LogP contribution >= 0.6 is 0 Å². The van der Waals surface area contributed by atoms with Gasteiger partial charge in [-0.25, -0.2) is 8.42 Å². The Balaban J connectivity index is 4.49. The zero-order chi connectivity index (χ0) is 15.2. The van der Waals surface area contributed by atoms with Gasteiger partial charge in [0.15, 0.2) is 9.84 Å². The summed E-state index contributed by atoms with van der Waals surface area (Å²) < 4.78 is 23.7. The zero-order valence-corrected chi connectivity index (χ0v) is 12.7. The lowest BCUT2D eigenvalue weighted by Crippen LogP contribution is -2.41. The molecule has 0 spiro atoms. The molecule has 2 N–H and O–H groups in total. The van der Waals surface area contributed by atoms with E-state index < -0.39 is 38.6 Å². The highest BCUT2D eigenvalue weighted by Gasteiger charge is 2.31. The predicted molar refractivity (Wildman–Crippen MR) is 72.5 cm³/mol. The average molecular weight is 293 g/mol. The molecule has 6 nitrogen and oxygen atoms in total. The van der Waals surface area contributed by atoms with Gasteiger partial charge in [-0.2, -0.15) is 0 Å². The zero-order valence-electron chi connectivity index (χ0n) is 11.8. The highest BCUT2D eigenvalue weighted by molar-refractivity contribution is 7.92. The molecule has 0 aliphatic rings. The van der Waals surface area contributed by atoms with Gasteiger partial charge in [0.1, 0.15) is 5.25 Å². The molecule has 1 amide bonds. The molecule has 0 bridgehead atoms. The lowest BCUT2D eigenvalue weighted by atomic mass is 10.1. The third-order valence-corrected chi connectivity index (χ3v) is 5.09. The van der Waals surface area contributed by atoms with Crippen molar-refractivity contribution in [1.82, 2.24) is 5.32 Å². The number of carboxylic acid groups (broad SMARTS) is 1. The Bertz CT molecular complexity index is 416. The van der Waals surface area contributed by atoms with Crippen LogP contribution in [0, 0.1) is 11.8 Å². The van der Waals surface area contributed by atoms with Crippen molar-refractivity contribution in [3.05, 3.63) is 0 Å². The monoisotopic (exact) mass is 293 g/mol. The van der Waals surface area contributed by atoms with Gasteiger partial charge in [-0.1, -0.05) is 20.8 Å². The summed E-state index contributed by atoms with van der Waals surface area (Å²) in [5.74, 6) is -2.88. The standard InChI is InChI=1S/C12H23NO5S/c1-8(2)5-6-13-11(14)10(4)19(17,18)7-9(3)12(15)16/h8-10H,5-7H2,1-4H3,(H,13,14)(H,15,16). The first-order valence-corrected chi connectivity index (χ1v) is 8.01. The topological polar surface area (TPSA) is 101 Å². The van der Waals surface area contributed by atoms with Crippen LogP contribution in [0.1, 0.15) is 34.1 Å². The van der Waals surface area contributed by atoms with Crippen LogP contribution in [0.25, 0.3) is 0 Å². The largest absolute Gasteiger partial charge is 0.481 e. The summed E-state index contributed by atoms with van der Waals surface area (Å²) in [6.07, 6.45) is 0.768. The Hall–Kier alpha value is -1.11. The van der Waals surface area contributed by atoms with Crippen molar-refractivity contribution in [3.63, 3.8) is 0 Å². The molecule has 0 fully saturated rings. The fourth-order valence-electron chi connectivity index (χ4n) is 1.35. The summed E-state index contributed by atoms with van der Waals surface area (Å²) in [5.41, 5.74) is 0. The van der Waals surface area contributed by atoms with Gasteiger partial charge in [-0.05, 0) is 19.3 Å². The van der Waals surface area contributed by atoms with Crippen molar-refractivity contribution in [2.45, 2.75) is 39.4 Å². The molecule has 2 unspecified atom stereocenters. The second kappa shape index (κ2) is 7.47. The van der Waals surface area contributed by atoms with E-state index in [0.717, 1.165) is 6.42 Å². The molecule has 0 saturated carbocycles. The molecule has 0 aliphatic heterocycles. The van der Waals surface area contributed by atoms with Gasteiger partial charge >= 0.3 is 5.97 Å². The average Bonchev–Trinajstić information content (AvgIpc) is 2.26. The Labute approximate surface area is 114 Å². The Morgan fingerprint density at radius 3 is 2.11 bits per heavy atom. The number of aliphatic carboxylic acids is 1. The highest BCUT2D eigenvalue weighted by atomic mass is 32.2. The van der Waals surface area contributed by atoms with Gasteiger partial charge in [-0.3, -0.25) is 9.59 Å². The third-order valence-electron chi connectivity index (χ3n) is 2.83. The minimum absolute atomic E-state index is 0.416. The molecule has 112 valence electrons. The van der Waals surface area contributed by atoms with Crippen LogP contribution in [-0.4, -0.2) is 42.9 Å². The van der Waals surface area contributed by atoms with Crippen molar-refractivity contribution in [2.24, 2.45) is 11.8 Å². The molecule has 0 heterocycles. The molecule has 0 aromatic carbocycles. The molecular weight excluding hydrogens is 270 g/mol. The maximum Gasteiger partial charge on any atom is 0.307 e. The molecule has 0 aromatic rings. The lowest BCUT2D eigenvalue weighted by molar-refractivity contribution is -0.140. The molecular formula is C12H23NO5S. The van der Waals surface area contributed by atoms with Crippen molar-refractivity contribution >= 4 is 21.7 Å². The SMILES string of the molecule is CC(C)CCNC(=O)C(C)S(=O)(=O)CC(C)C(=O)O. The number of carbonyl (C=O) groups is 2. The van der Waals surface area contributed by atoms with Gasteiger partial charge in [0, 0.05) is 6.54 Å². The number of nitrogens with one attached hydrogen (secondary N) is 1. The molecule has 0 rings (SSSR count). The van der Waals surface area contributed by atoms with Crippen molar-refractivity contribution in [3.8, 4) is 0 Å². The van der Waals surface area contributed by atoms with E-state index in [-0.39, 0.29) is 0 Å². The molecule has 19 heavy (non-hydrogen) atoms. The summed E-state index contributed by atoms with van der Waals surface area (Å²) in [7, 11) is -3.75. The quantitative estimate of drug-likeness (QED) is 0.685. The molecule has 2 atom stereocenters. The molecule has 0 aliphatic carbocycles. The second-order valence-electron chi connectivity index (χ2n) is 5.18. The lowest BCUT2D eigenvalue weighted by Gasteiger charge is -2.15. The normalized spacial score (nSPS) is 15.0. The molecule has 0 saturated heterocycles. The molecule has 7 heteroatoms. The van der Waals surface area contributed by atoms with E-state index in [4.69, 9.17) is 5.11 Å².